The number of amides is 1. The molecule has 5 nitrogen and oxygen atoms in total. The lowest BCUT2D eigenvalue weighted by Crippen LogP contribution is -2.39. The van der Waals surface area contributed by atoms with Crippen LogP contribution in [0.3, 0.4) is 0 Å². The van der Waals surface area contributed by atoms with Gasteiger partial charge >= 0.3 is 0 Å². The number of carbonyl (C=O) groups excluding carboxylic acids is 1. The van der Waals surface area contributed by atoms with Gasteiger partial charge in [-0.15, -0.1) is 0 Å². The molecule has 2 atom stereocenters. The molecule has 3 aliphatic rings. The summed E-state index contributed by atoms with van der Waals surface area (Å²) in [7, 11) is 0. The second-order valence-electron chi connectivity index (χ2n) is 8.81. The van der Waals surface area contributed by atoms with Gasteiger partial charge in [-0.3, -0.25) is 9.69 Å². The summed E-state index contributed by atoms with van der Waals surface area (Å²) in [5, 5.41) is 4.27. The first-order chi connectivity index (χ1) is 15.2. The number of hydrogen-bond donors (Lipinski definition) is 1. The van der Waals surface area contributed by atoms with Crippen LogP contribution < -0.4 is 10.2 Å². The molecule has 164 valence electrons. The van der Waals surface area contributed by atoms with Crippen molar-refractivity contribution in [2.75, 3.05) is 57.4 Å². The summed E-state index contributed by atoms with van der Waals surface area (Å²) in [4.78, 5) is 18.0. The zero-order valence-electron chi connectivity index (χ0n) is 17.9. The quantitative estimate of drug-likeness (QED) is 0.640. The molecule has 2 heterocycles. The molecule has 6 heteroatoms. The van der Waals surface area contributed by atoms with Crippen LogP contribution in [0.1, 0.15) is 29.9 Å². The Balaban J connectivity index is 1.19. The van der Waals surface area contributed by atoms with Crippen LogP contribution in [0.4, 0.5) is 5.69 Å². The summed E-state index contributed by atoms with van der Waals surface area (Å²) in [6, 6.07) is 16.3. The number of carbonyl (C=O) groups is 1. The fourth-order valence-electron chi connectivity index (χ4n) is 5.24. The van der Waals surface area contributed by atoms with Gasteiger partial charge in [-0.1, -0.05) is 41.9 Å². The Morgan fingerprint density at radius 3 is 2.61 bits per heavy atom. The van der Waals surface area contributed by atoms with Crippen LogP contribution in [-0.2, 0) is 14.9 Å². The average Bonchev–Trinajstić information content (AvgIpc) is 3.51. The lowest BCUT2D eigenvalue weighted by atomic mass is 9.92. The molecule has 5 rings (SSSR count). The van der Waals surface area contributed by atoms with Crippen molar-refractivity contribution in [3.8, 4) is 0 Å². The maximum absolute atomic E-state index is 13.6. The third-order valence-electron chi connectivity index (χ3n) is 6.98. The molecule has 2 aromatic rings. The van der Waals surface area contributed by atoms with Crippen LogP contribution in [0.25, 0.3) is 0 Å². The second-order valence-corrected chi connectivity index (χ2v) is 9.25. The van der Waals surface area contributed by atoms with Gasteiger partial charge in [0.25, 0.3) is 0 Å². The fourth-order valence-corrected chi connectivity index (χ4v) is 5.36. The van der Waals surface area contributed by atoms with Crippen LogP contribution in [0.2, 0.25) is 5.02 Å². The number of nitrogens with zero attached hydrogens (tertiary/aromatic N) is 2. The van der Waals surface area contributed by atoms with E-state index < -0.39 is 0 Å². The van der Waals surface area contributed by atoms with Gasteiger partial charge in [0.05, 0.1) is 18.6 Å². The smallest absolute Gasteiger partial charge is 0.238 e. The number of rotatable bonds is 8. The molecule has 0 aromatic heterocycles. The van der Waals surface area contributed by atoms with E-state index in [2.05, 4.69) is 40.5 Å². The number of fused-ring (bicyclic) bond motifs is 2. The predicted molar refractivity (Wildman–Crippen MR) is 124 cm³/mol. The van der Waals surface area contributed by atoms with Crippen LogP contribution in [0.15, 0.2) is 48.5 Å². The normalized spacial score (nSPS) is 25.3. The van der Waals surface area contributed by atoms with Crippen molar-refractivity contribution in [1.29, 1.82) is 0 Å². The van der Waals surface area contributed by atoms with Gasteiger partial charge in [0.1, 0.15) is 0 Å². The second kappa shape index (κ2) is 8.91. The summed E-state index contributed by atoms with van der Waals surface area (Å²) < 4.78 is 5.40. The van der Waals surface area contributed by atoms with Gasteiger partial charge in [0, 0.05) is 42.8 Å². The molecule has 1 aliphatic carbocycles. The van der Waals surface area contributed by atoms with Gasteiger partial charge < -0.3 is 15.0 Å². The van der Waals surface area contributed by atoms with Crippen molar-refractivity contribution in [3.63, 3.8) is 0 Å². The third kappa shape index (κ3) is 4.00. The highest BCUT2D eigenvalue weighted by Gasteiger charge is 2.66. The van der Waals surface area contributed by atoms with Crippen LogP contribution in [0.5, 0.6) is 0 Å². The van der Waals surface area contributed by atoms with E-state index in [0.717, 1.165) is 69.5 Å². The highest BCUT2D eigenvalue weighted by atomic mass is 35.5. The van der Waals surface area contributed by atoms with Gasteiger partial charge in [-0.05, 0) is 55.3 Å². The van der Waals surface area contributed by atoms with Gasteiger partial charge in [0.2, 0.25) is 5.91 Å². The summed E-state index contributed by atoms with van der Waals surface area (Å²) >= 11 is 6.07. The number of hydrogen-bond acceptors (Lipinski definition) is 4. The van der Waals surface area contributed by atoms with E-state index in [1.807, 2.05) is 23.1 Å². The van der Waals surface area contributed by atoms with Crippen molar-refractivity contribution in [2.45, 2.75) is 24.2 Å². The minimum atomic E-state index is -0.388. The fraction of sp³-hybridized carbons (Fsp3) is 0.480. The summed E-state index contributed by atoms with van der Waals surface area (Å²) in [6.07, 6.45) is 2.00. The zero-order chi connectivity index (χ0) is 21.3. The number of nitrogens with one attached hydrogen (secondary N) is 1. The molecular weight excluding hydrogens is 410 g/mol. The molecule has 2 unspecified atom stereocenters. The van der Waals surface area contributed by atoms with Crippen LogP contribution >= 0.6 is 11.6 Å². The first kappa shape index (κ1) is 21.0. The highest BCUT2D eigenvalue weighted by Crippen LogP contribution is 2.66. The maximum atomic E-state index is 13.6. The van der Waals surface area contributed by atoms with E-state index in [1.165, 1.54) is 11.1 Å². The lowest BCUT2D eigenvalue weighted by molar-refractivity contribution is -0.120. The molecule has 31 heavy (non-hydrogen) atoms. The number of para-hydroxylation sites is 1. The Labute approximate surface area is 189 Å². The third-order valence-corrected chi connectivity index (χ3v) is 7.23. The number of ether oxygens (including phenoxy) is 1. The number of halogens is 1. The Bertz CT molecular complexity index is 929. The van der Waals surface area contributed by atoms with Gasteiger partial charge in [0.15, 0.2) is 0 Å². The Hall–Kier alpha value is -1.92. The monoisotopic (exact) mass is 439 g/mol. The van der Waals surface area contributed by atoms with E-state index >= 15 is 0 Å². The zero-order valence-corrected chi connectivity index (χ0v) is 18.6. The van der Waals surface area contributed by atoms with E-state index in [9.17, 15) is 4.79 Å². The molecule has 0 bridgehead atoms. The minimum Gasteiger partial charge on any atom is -0.379 e. The number of benzene rings is 2. The van der Waals surface area contributed by atoms with Crippen molar-refractivity contribution in [1.82, 2.24) is 10.2 Å². The van der Waals surface area contributed by atoms with Crippen molar-refractivity contribution in [3.05, 3.63) is 64.7 Å². The molecule has 1 amide bonds. The van der Waals surface area contributed by atoms with E-state index in [0.29, 0.717) is 6.54 Å². The predicted octanol–water partition coefficient (Wildman–Crippen LogP) is 3.42. The SMILES string of the molecule is O=C1N(CCNCCCN2CCOCC2)c2ccccc2C12CC2c1ccc(Cl)cc1. The summed E-state index contributed by atoms with van der Waals surface area (Å²) in [6.45, 7) is 7.37. The lowest BCUT2D eigenvalue weighted by Gasteiger charge is -2.26. The minimum absolute atomic E-state index is 0.241. The highest BCUT2D eigenvalue weighted by molar-refractivity contribution is 6.30. The summed E-state index contributed by atoms with van der Waals surface area (Å²) in [5.41, 5.74) is 3.09. The molecule has 2 aliphatic heterocycles. The topological polar surface area (TPSA) is 44.8 Å². The number of anilines is 1. The Kier molecular flexibility index (Phi) is 6.02. The van der Waals surface area contributed by atoms with E-state index in [4.69, 9.17) is 16.3 Å². The maximum Gasteiger partial charge on any atom is 0.238 e. The Morgan fingerprint density at radius 1 is 1.03 bits per heavy atom. The first-order valence-electron chi connectivity index (χ1n) is 11.4. The molecule has 2 fully saturated rings. The largest absolute Gasteiger partial charge is 0.379 e. The molecule has 1 saturated heterocycles. The van der Waals surface area contributed by atoms with Crippen LogP contribution in [0, 0.1) is 0 Å². The Morgan fingerprint density at radius 2 is 1.81 bits per heavy atom. The van der Waals surface area contributed by atoms with Crippen molar-refractivity contribution >= 4 is 23.2 Å². The summed E-state index contributed by atoms with van der Waals surface area (Å²) in [5.74, 6) is 0.494. The molecule has 0 radical (unpaired) electrons. The standard InChI is InChI=1S/C25H30ClN3O2/c26-20-8-6-19(7-9-20)22-18-25(22)21-4-1-2-5-23(21)29(24(25)30)13-11-27-10-3-12-28-14-16-31-17-15-28/h1-2,4-9,22,27H,3,10-18H2. The first-order valence-corrected chi connectivity index (χ1v) is 11.8. The van der Waals surface area contributed by atoms with E-state index in [-0.39, 0.29) is 17.2 Å². The molecular formula is C25H30ClN3O2. The van der Waals surface area contributed by atoms with Gasteiger partial charge in [-0.2, -0.15) is 0 Å². The molecule has 2 aromatic carbocycles. The van der Waals surface area contributed by atoms with E-state index in [1.54, 1.807) is 0 Å². The van der Waals surface area contributed by atoms with Crippen LogP contribution in [-0.4, -0.2) is 63.3 Å². The average molecular weight is 440 g/mol. The van der Waals surface area contributed by atoms with Gasteiger partial charge in [-0.25, -0.2) is 0 Å². The van der Waals surface area contributed by atoms with Crippen molar-refractivity contribution < 1.29 is 9.53 Å². The molecule has 1 spiro atoms. The molecule has 1 saturated carbocycles. The molecule has 1 N–H and O–H groups in total. The van der Waals surface area contributed by atoms with Crippen molar-refractivity contribution in [2.24, 2.45) is 0 Å². The number of morpholine rings is 1.